The van der Waals surface area contributed by atoms with Gasteiger partial charge >= 0.3 is 0 Å². The molecule has 0 saturated heterocycles. The second-order valence-corrected chi connectivity index (χ2v) is 3.35. The lowest BCUT2D eigenvalue weighted by atomic mass is 9.97. The quantitative estimate of drug-likeness (QED) is 0.630. The molecule has 1 aliphatic rings. The van der Waals surface area contributed by atoms with Crippen molar-refractivity contribution < 1.29 is 4.52 Å². The molecular formula is C7H16NOP. The molecule has 0 heterocycles. The van der Waals surface area contributed by atoms with Gasteiger partial charge in [0.15, 0.2) is 0 Å². The molecule has 1 saturated carbocycles. The van der Waals surface area contributed by atoms with Crippen molar-refractivity contribution in [3.63, 3.8) is 0 Å². The van der Waals surface area contributed by atoms with Crippen molar-refractivity contribution in [3.05, 3.63) is 0 Å². The predicted molar refractivity (Wildman–Crippen MR) is 45.5 cm³/mol. The molecule has 1 rings (SSSR count). The second kappa shape index (κ2) is 4.27. The van der Waals surface area contributed by atoms with Gasteiger partial charge < -0.3 is 10.3 Å². The maximum atomic E-state index is 5.59. The van der Waals surface area contributed by atoms with E-state index in [2.05, 4.69) is 9.47 Å². The molecule has 1 unspecified atom stereocenters. The molecule has 3 atom stereocenters. The van der Waals surface area contributed by atoms with Crippen LogP contribution in [0.5, 0.6) is 0 Å². The summed E-state index contributed by atoms with van der Waals surface area (Å²) < 4.78 is 5.02. The van der Waals surface area contributed by atoms with Gasteiger partial charge in [0.1, 0.15) is 0 Å². The Balaban J connectivity index is 2.27. The van der Waals surface area contributed by atoms with Gasteiger partial charge in [-0.25, -0.2) is 0 Å². The zero-order chi connectivity index (χ0) is 7.40. The zero-order valence-corrected chi connectivity index (χ0v) is 7.41. The van der Waals surface area contributed by atoms with Gasteiger partial charge in [0.05, 0.1) is 6.61 Å². The van der Waals surface area contributed by atoms with E-state index in [0.29, 0.717) is 0 Å². The molecule has 1 fully saturated rings. The summed E-state index contributed by atoms with van der Waals surface area (Å²) in [6.45, 7) is 1.70. The molecule has 1 aliphatic carbocycles. The monoisotopic (exact) mass is 161 g/mol. The van der Waals surface area contributed by atoms with Crippen LogP contribution in [0.15, 0.2) is 0 Å². The van der Waals surface area contributed by atoms with Crippen LogP contribution in [0.2, 0.25) is 0 Å². The number of rotatable bonds is 3. The zero-order valence-electron chi connectivity index (χ0n) is 6.25. The Morgan fingerprint density at radius 1 is 1.40 bits per heavy atom. The summed E-state index contributed by atoms with van der Waals surface area (Å²) in [5.41, 5.74) is 5.59. The van der Waals surface area contributed by atoms with Crippen LogP contribution in [0.3, 0.4) is 0 Å². The van der Waals surface area contributed by atoms with Crippen molar-refractivity contribution >= 4 is 9.47 Å². The SMILES string of the molecule is NC[C@H]1CCC[C@H]1COP. The van der Waals surface area contributed by atoms with E-state index in [4.69, 9.17) is 10.3 Å². The molecule has 0 aromatic heterocycles. The first kappa shape index (κ1) is 8.45. The van der Waals surface area contributed by atoms with Crippen LogP contribution >= 0.6 is 9.47 Å². The maximum absolute atomic E-state index is 5.59. The summed E-state index contributed by atoms with van der Waals surface area (Å²) >= 11 is 0. The fourth-order valence-corrected chi connectivity index (χ4v) is 2.01. The molecule has 0 spiro atoms. The Labute approximate surface area is 64.8 Å². The van der Waals surface area contributed by atoms with E-state index in [1.165, 1.54) is 19.3 Å². The first-order chi connectivity index (χ1) is 4.88. The van der Waals surface area contributed by atoms with E-state index in [1.54, 1.807) is 0 Å². The van der Waals surface area contributed by atoms with Gasteiger partial charge in [0.2, 0.25) is 0 Å². The van der Waals surface area contributed by atoms with Crippen molar-refractivity contribution in [2.45, 2.75) is 19.3 Å². The molecule has 0 aromatic carbocycles. The summed E-state index contributed by atoms with van der Waals surface area (Å²) in [6, 6.07) is 0. The molecule has 60 valence electrons. The Morgan fingerprint density at radius 3 is 2.70 bits per heavy atom. The third-order valence-corrected chi connectivity index (χ3v) is 2.62. The molecule has 10 heavy (non-hydrogen) atoms. The molecule has 3 heteroatoms. The van der Waals surface area contributed by atoms with Crippen molar-refractivity contribution in [2.24, 2.45) is 17.6 Å². The van der Waals surface area contributed by atoms with Crippen LogP contribution in [0.1, 0.15) is 19.3 Å². The number of hydrogen-bond donors (Lipinski definition) is 1. The van der Waals surface area contributed by atoms with E-state index in [9.17, 15) is 0 Å². The van der Waals surface area contributed by atoms with Crippen molar-refractivity contribution in [3.8, 4) is 0 Å². The highest BCUT2D eigenvalue weighted by molar-refractivity contribution is 7.09. The van der Waals surface area contributed by atoms with Gasteiger partial charge in [-0.05, 0) is 31.2 Å². The largest absolute Gasteiger partial charge is 0.365 e. The first-order valence-electron chi connectivity index (χ1n) is 3.90. The summed E-state index contributed by atoms with van der Waals surface area (Å²) in [5, 5.41) is 0. The molecule has 0 amide bonds. The van der Waals surface area contributed by atoms with Gasteiger partial charge in [0, 0.05) is 9.47 Å². The van der Waals surface area contributed by atoms with Crippen LogP contribution in [0.25, 0.3) is 0 Å². The van der Waals surface area contributed by atoms with Crippen molar-refractivity contribution in [2.75, 3.05) is 13.2 Å². The molecule has 0 aromatic rings. The molecule has 0 aliphatic heterocycles. The molecule has 2 N–H and O–H groups in total. The van der Waals surface area contributed by atoms with Gasteiger partial charge in [-0.2, -0.15) is 0 Å². The average Bonchev–Trinajstić information content (AvgIpc) is 2.36. The summed E-state index contributed by atoms with van der Waals surface area (Å²) in [4.78, 5) is 0. The highest BCUT2D eigenvalue weighted by atomic mass is 31.0. The lowest BCUT2D eigenvalue weighted by Gasteiger charge is -2.15. The minimum Gasteiger partial charge on any atom is -0.365 e. The summed E-state index contributed by atoms with van der Waals surface area (Å²) in [7, 11) is 2.31. The van der Waals surface area contributed by atoms with Crippen molar-refractivity contribution in [1.82, 2.24) is 0 Å². The second-order valence-electron chi connectivity index (χ2n) is 3.02. The molecule has 0 bridgehead atoms. The van der Waals surface area contributed by atoms with Gasteiger partial charge in [-0.1, -0.05) is 6.42 Å². The third kappa shape index (κ3) is 1.91. The average molecular weight is 161 g/mol. The van der Waals surface area contributed by atoms with Crippen LogP contribution in [-0.4, -0.2) is 13.2 Å². The van der Waals surface area contributed by atoms with Crippen LogP contribution in [0.4, 0.5) is 0 Å². The summed E-state index contributed by atoms with van der Waals surface area (Å²) in [5.74, 6) is 1.45. The fraction of sp³-hybridized carbons (Fsp3) is 1.00. The van der Waals surface area contributed by atoms with E-state index in [-0.39, 0.29) is 0 Å². The Bertz CT molecular complexity index is 99.6. The highest BCUT2D eigenvalue weighted by Gasteiger charge is 2.25. The van der Waals surface area contributed by atoms with Crippen molar-refractivity contribution in [1.29, 1.82) is 0 Å². The molecular weight excluding hydrogens is 145 g/mol. The minimum atomic E-state index is 0.723. The van der Waals surface area contributed by atoms with Crippen LogP contribution in [-0.2, 0) is 4.52 Å². The third-order valence-electron chi connectivity index (χ3n) is 2.43. The first-order valence-corrected chi connectivity index (χ1v) is 4.37. The predicted octanol–water partition coefficient (Wildman–Crippen LogP) is 1.17. The lowest BCUT2D eigenvalue weighted by Crippen LogP contribution is -2.20. The van der Waals surface area contributed by atoms with Crippen LogP contribution in [0, 0.1) is 11.8 Å². The smallest absolute Gasteiger partial charge is 0.0533 e. The molecule has 0 radical (unpaired) electrons. The minimum absolute atomic E-state index is 0.723. The Kier molecular flexibility index (Phi) is 3.61. The molecule has 2 nitrogen and oxygen atoms in total. The van der Waals surface area contributed by atoms with E-state index in [0.717, 1.165) is 25.0 Å². The number of nitrogens with two attached hydrogens (primary N) is 1. The Morgan fingerprint density at radius 2 is 2.10 bits per heavy atom. The topological polar surface area (TPSA) is 35.2 Å². The lowest BCUT2D eigenvalue weighted by molar-refractivity contribution is 0.245. The van der Waals surface area contributed by atoms with E-state index >= 15 is 0 Å². The summed E-state index contributed by atoms with van der Waals surface area (Å²) in [6.07, 6.45) is 3.94. The van der Waals surface area contributed by atoms with E-state index in [1.807, 2.05) is 0 Å². The van der Waals surface area contributed by atoms with E-state index < -0.39 is 0 Å². The normalized spacial score (nSPS) is 33.0. The fourth-order valence-electron chi connectivity index (χ4n) is 1.77. The highest BCUT2D eigenvalue weighted by Crippen LogP contribution is 2.31. The van der Waals surface area contributed by atoms with Gasteiger partial charge in [0.25, 0.3) is 0 Å². The number of hydrogen-bond acceptors (Lipinski definition) is 2. The van der Waals surface area contributed by atoms with Gasteiger partial charge in [-0.3, -0.25) is 0 Å². The standard InChI is InChI=1S/C7H16NOP/c8-4-6-2-1-3-7(6)5-9-10/h6-7H,1-5,8,10H2/t6-,7+/m1/s1. The van der Waals surface area contributed by atoms with Crippen LogP contribution < -0.4 is 5.73 Å². The maximum Gasteiger partial charge on any atom is 0.0533 e. The Hall–Kier alpha value is 0.350. The van der Waals surface area contributed by atoms with Gasteiger partial charge in [-0.15, -0.1) is 0 Å².